The van der Waals surface area contributed by atoms with Crippen LogP contribution in [0.15, 0.2) is 65.1 Å². The highest BCUT2D eigenvalue weighted by atomic mass is 79.9. The van der Waals surface area contributed by atoms with Crippen LogP contribution in [-0.2, 0) is 19.6 Å². The molecule has 0 aliphatic heterocycles. The summed E-state index contributed by atoms with van der Waals surface area (Å²) in [5.41, 5.74) is 3.42. The average Bonchev–Trinajstić information content (AvgIpc) is 2.78. The minimum Gasteiger partial charge on any atom is -0.493 e. The third-order valence-electron chi connectivity index (χ3n) is 5.02. The highest BCUT2D eigenvalue weighted by molar-refractivity contribution is 9.10. The van der Waals surface area contributed by atoms with Gasteiger partial charge in [-0.15, -0.1) is 0 Å². The Kier molecular flexibility index (Phi) is 9.09. The van der Waals surface area contributed by atoms with Gasteiger partial charge in [-0.2, -0.15) is 0 Å². The van der Waals surface area contributed by atoms with Gasteiger partial charge in [0.2, 0.25) is 0 Å². The first-order valence-electron chi connectivity index (χ1n) is 10.2. The van der Waals surface area contributed by atoms with Crippen LogP contribution in [0.1, 0.15) is 30.0 Å². The largest absolute Gasteiger partial charge is 0.493 e. The fourth-order valence-corrected chi connectivity index (χ4v) is 4.15. The number of nitrogens with one attached hydrogen (secondary N) is 1. The van der Waals surface area contributed by atoms with Crippen molar-refractivity contribution in [3.63, 3.8) is 0 Å². The average molecular weight is 523 g/mol. The Morgan fingerprint density at radius 1 is 0.935 bits per heavy atom. The molecule has 0 saturated heterocycles. The molecule has 0 spiro atoms. The summed E-state index contributed by atoms with van der Waals surface area (Å²) in [4.78, 5) is 0. The molecule has 0 aliphatic carbocycles. The van der Waals surface area contributed by atoms with Crippen molar-refractivity contribution in [2.24, 2.45) is 0 Å². The molecule has 3 aromatic rings. The van der Waals surface area contributed by atoms with Gasteiger partial charge in [-0.3, -0.25) is 0 Å². The molecule has 164 valence electrons. The van der Waals surface area contributed by atoms with Gasteiger partial charge in [0.25, 0.3) is 0 Å². The van der Waals surface area contributed by atoms with E-state index in [1.54, 1.807) is 19.2 Å². The van der Waals surface area contributed by atoms with E-state index in [1.165, 1.54) is 5.56 Å². The third-order valence-corrected chi connectivity index (χ3v) is 6.35. The predicted octanol–water partition coefficient (Wildman–Crippen LogP) is 7.45. The number of hydrogen-bond donors (Lipinski definition) is 1. The summed E-state index contributed by atoms with van der Waals surface area (Å²) in [7, 11) is 1.65. The van der Waals surface area contributed by atoms with E-state index in [1.807, 2.05) is 12.1 Å². The van der Waals surface area contributed by atoms with Gasteiger partial charge in [0.05, 0.1) is 21.6 Å². The zero-order chi connectivity index (χ0) is 22.2. The minimum atomic E-state index is 0.361. The normalized spacial score (nSPS) is 11.9. The quantitative estimate of drug-likeness (QED) is 0.300. The SMILES string of the molecule is COc1cc(CNC(C)CCc2ccccc2)cc(Br)c1OCc1ccc(Cl)c(Cl)c1. The highest BCUT2D eigenvalue weighted by Gasteiger charge is 2.13. The summed E-state index contributed by atoms with van der Waals surface area (Å²) in [6, 6.07) is 20.5. The second-order valence-corrected chi connectivity index (χ2v) is 9.12. The van der Waals surface area contributed by atoms with Crippen molar-refractivity contribution < 1.29 is 9.47 Å². The molecule has 0 heterocycles. The van der Waals surface area contributed by atoms with Crippen LogP contribution < -0.4 is 14.8 Å². The summed E-state index contributed by atoms with van der Waals surface area (Å²) in [6.07, 6.45) is 2.14. The van der Waals surface area contributed by atoms with Gasteiger partial charge in [0.15, 0.2) is 11.5 Å². The Morgan fingerprint density at radius 3 is 2.42 bits per heavy atom. The van der Waals surface area contributed by atoms with E-state index in [2.05, 4.69) is 64.6 Å². The molecular formula is C25H26BrCl2NO2. The molecule has 0 radical (unpaired) electrons. The molecule has 1 atom stereocenters. The second kappa shape index (κ2) is 11.8. The molecule has 3 aromatic carbocycles. The van der Waals surface area contributed by atoms with Crippen LogP contribution in [0.5, 0.6) is 11.5 Å². The molecule has 31 heavy (non-hydrogen) atoms. The summed E-state index contributed by atoms with van der Waals surface area (Å²) < 4.78 is 12.4. The molecule has 3 nitrogen and oxygen atoms in total. The number of aryl methyl sites for hydroxylation is 1. The van der Waals surface area contributed by atoms with Gasteiger partial charge in [0, 0.05) is 12.6 Å². The molecule has 0 fully saturated rings. The lowest BCUT2D eigenvalue weighted by atomic mass is 10.1. The number of halogens is 3. The molecule has 0 saturated carbocycles. The zero-order valence-electron chi connectivity index (χ0n) is 17.6. The van der Waals surface area contributed by atoms with Gasteiger partial charge in [0.1, 0.15) is 6.61 Å². The van der Waals surface area contributed by atoms with Gasteiger partial charge in [-0.05, 0) is 76.7 Å². The third kappa shape index (κ3) is 7.15. The monoisotopic (exact) mass is 521 g/mol. The van der Waals surface area contributed by atoms with Crippen LogP contribution in [0, 0.1) is 0 Å². The van der Waals surface area contributed by atoms with E-state index in [9.17, 15) is 0 Å². The zero-order valence-corrected chi connectivity index (χ0v) is 20.7. The van der Waals surface area contributed by atoms with Crippen LogP contribution in [0.2, 0.25) is 10.0 Å². The van der Waals surface area contributed by atoms with E-state index in [0.29, 0.717) is 34.2 Å². The van der Waals surface area contributed by atoms with Crippen molar-refractivity contribution in [2.45, 2.75) is 39.0 Å². The van der Waals surface area contributed by atoms with Crippen LogP contribution in [0.3, 0.4) is 0 Å². The molecule has 1 N–H and O–H groups in total. The first-order valence-corrected chi connectivity index (χ1v) is 11.7. The van der Waals surface area contributed by atoms with Crippen molar-refractivity contribution in [3.8, 4) is 11.5 Å². The number of methoxy groups -OCH3 is 1. The van der Waals surface area contributed by atoms with Gasteiger partial charge < -0.3 is 14.8 Å². The van der Waals surface area contributed by atoms with Crippen molar-refractivity contribution >= 4 is 39.1 Å². The van der Waals surface area contributed by atoms with Crippen molar-refractivity contribution in [1.82, 2.24) is 5.32 Å². The summed E-state index contributed by atoms with van der Waals surface area (Å²) in [5.74, 6) is 1.35. The van der Waals surface area contributed by atoms with Crippen LogP contribution >= 0.6 is 39.1 Å². The number of rotatable bonds is 10. The number of benzene rings is 3. The van der Waals surface area contributed by atoms with Crippen LogP contribution in [0.4, 0.5) is 0 Å². The standard InChI is InChI=1S/C25H26BrCl2NO2/c1-17(8-9-18-6-4-3-5-7-18)29-15-20-12-21(26)25(24(14-20)30-2)31-16-19-10-11-22(27)23(28)13-19/h3-7,10-14,17,29H,8-9,15-16H2,1-2H3. The first kappa shape index (κ1) is 23.9. The summed E-state index contributed by atoms with van der Waals surface area (Å²) in [6.45, 7) is 3.32. The maximum atomic E-state index is 6.10. The molecule has 3 rings (SSSR count). The smallest absolute Gasteiger partial charge is 0.175 e. The lowest BCUT2D eigenvalue weighted by Crippen LogP contribution is -2.26. The van der Waals surface area contributed by atoms with Crippen LogP contribution in [0.25, 0.3) is 0 Å². The minimum absolute atomic E-state index is 0.361. The Morgan fingerprint density at radius 2 is 1.71 bits per heavy atom. The lowest BCUT2D eigenvalue weighted by Gasteiger charge is -2.17. The van der Waals surface area contributed by atoms with E-state index in [-0.39, 0.29) is 0 Å². The Labute approximate surface area is 202 Å². The lowest BCUT2D eigenvalue weighted by molar-refractivity contribution is 0.282. The van der Waals surface area contributed by atoms with Gasteiger partial charge in [-0.1, -0.05) is 59.6 Å². The van der Waals surface area contributed by atoms with Crippen molar-refractivity contribution in [3.05, 3.63) is 91.9 Å². The second-order valence-electron chi connectivity index (χ2n) is 7.45. The Balaban J connectivity index is 1.58. The Bertz CT molecular complexity index is 998. The first-order chi connectivity index (χ1) is 15.0. The predicted molar refractivity (Wildman–Crippen MR) is 133 cm³/mol. The molecule has 0 bridgehead atoms. The fraction of sp³-hybridized carbons (Fsp3) is 0.280. The Hall–Kier alpha value is -1.72. The fourth-order valence-electron chi connectivity index (χ4n) is 3.22. The summed E-state index contributed by atoms with van der Waals surface area (Å²) >= 11 is 15.7. The van der Waals surface area contributed by atoms with Gasteiger partial charge in [-0.25, -0.2) is 0 Å². The molecule has 6 heteroatoms. The van der Waals surface area contributed by atoms with Crippen molar-refractivity contribution in [2.75, 3.05) is 7.11 Å². The summed E-state index contributed by atoms with van der Waals surface area (Å²) in [5, 5.41) is 4.63. The van der Waals surface area contributed by atoms with Crippen LogP contribution in [-0.4, -0.2) is 13.2 Å². The van der Waals surface area contributed by atoms with Crippen molar-refractivity contribution in [1.29, 1.82) is 0 Å². The number of ether oxygens (including phenoxy) is 2. The van der Waals surface area contributed by atoms with Gasteiger partial charge >= 0.3 is 0 Å². The number of hydrogen-bond acceptors (Lipinski definition) is 3. The topological polar surface area (TPSA) is 30.5 Å². The maximum Gasteiger partial charge on any atom is 0.175 e. The molecule has 1 unspecified atom stereocenters. The molecule has 0 aromatic heterocycles. The van der Waals surface area contributed by atoms with E-state index in [0.717, 1.165) is 35.0 Å². The molecule has 0 aliphatic rings. The van der Waals surface area contributed by atoms with E-state index < -0.39 is 0 Å². The molecular weight excluding hydrogens is 497 g/mol. The maximum absolute atomic E-state index is 6.10. The van der Waals surface area contributed by atoms with E-state index >= 15 is 0 Å². The highest BCUT2D eigenvalue weighted by Crippen LogP contribution is 2.37. The molecule has 0 amide bonds. The van der Waals surface area contributed by atoms with E-state index in [4.69, 9.17) is 32.7 Å².